The van der Waals surface area contributed by atoms with Crippen molar-refractivity contribution in [2.75, 3.05) is 0 Å². The molecule has 5 aliphatic carbocycles. The van der Waals surface area contributed by atoms with Gasteiger partial charge in [-0.25, -0.2) is 0 Å². The maximum Gasteiger partial charge on any atom is 0.107 e. The van der Waals surface area contributed by atoms with Gasteiger partial charge in [0.05, 0.1) is 12.2 Å². The Balaban J connectivity index is 1.46. The molecule has 3 nitrogen and oxygen atoms in total. The first kappa shape index (κ1) is 24.3. The van der Waals surface area contributed by atoms with Crippen LogP contribution in [0.1, 0.15) is 99.8 Å². The Morgan fingerprint density at radius 1 is 0.818 bits per heavy atom. The summed E-state index contributed by atoms with van der Waals surface area (Å²) in [5.41, 5.74) is 0.303. The summed E-state index contributed by atoms with van der Waals surface area (Å²) in [5, 5.41) is 33.3. The van der Waals surface area contributed by atoms with Crippen LogP contribution in [0.4, 0.5) is 0 Å². The lowest BCUT2D eigenvalue weighted by Crippen LogP contribution is -2.65. The van der Waals surface area contributed by atoms with E-state index >= 15 is 0 Å². The molecule has 5 rings (SSSR count). The predicted octanol–water partition coefficient (Wildman–Crippen LogP) is 5.97. The van der Waals surface area contributed by atoms with Gasteiger partial charge in [-0.3, -0.25) is 0 Å². The monoisotopic (exact) mass is 458 g/mol. The van der Waals surface area contributed by atoms with E-state index < -0.39 is 18.3 Å². The minimum absolute atomic E-state index is 0.164. The van der Waals surface area contributed by atoms with Crippen LogP contribution in [0.3, 0.4) is 0 Å². The van der Waals surface area contributed by atoms with Crippen molar-refractivity contribution in [2.45, 2.75) is 118 Å². The largest absolute Gasteiger partial charge is 0.390 e. The summed E-state index contributed by atoms with van der Waals surface area (Å²) in [6.45, 7) is 16.5. The van der Waals surface area contributed by atoms with Gasteiger partial charge >= 0.3 is 0 Å². The minimum Gasteiger partial charge on any atom is -0.390 e. The number of fused-ring (bicyclic) bond motifs is 2. The lowest BCUT2D eigenvalue weighted by atomic mass is 9.41. The van der Waals surface area contributed by atoms with Crippen LogP contribution in [0.25, 0.3) is 0 Å². The highest BCUT2D eigenvalue weighted by Gasteiger charge is 2.85. The van der Waals surface area contributed by atoms with Crippen molar-refractivity contribution in [3.63, 3.8) is 0 Å². The van der Waals surface area contributed by atoms with Crippen LogP contribution in [0.2, 0.25) is 0 Å². The van der Waals surface area contributed by atoms with E-state index in [0.717, 1.165) is 18.8 Å². The Labute approximate surface area is 202 Å². The van der Waals surface area contributed by atoms with Crippen LogP contribution in [0.15, 0.2) is 12.2 Å². The van der Waals surface area contributed by atoms with Crippen molar-refractivity contribution >= 4 is 0 Å². The van der Waals surface area contributed by atoms with Gasteiger partial charge in [0.15, 0.2) is 0 Å². The molecule has 3 heteroatoms. The smallest absolute Gasteiger partial charge is 0.107 e. The van der Waals surface area contributed by atoms with Crippen LogP contribution < -0.4 is 0 Å². The van der Waals surface area contributed by atoms with Gasteiger partial charge in [0, 0.05) is 5.41 Å². The van der Waals surface area contributed by atoms with Crippen molar-refractivity contribution in [2.24, 2.45) is 56.7 Å². The number of hydrogen-bond donors (Lipinski definition) is 3. The molecule has 11 atom stereocenters. The van der Waals surface area contributed by atoms with E-state index in [2.05, 4.69) is 60.6 Å². The second-order valence-electron chi connectivity index (χ2n) is 14.6. The van der Waals surface area contributed by atoms with E-state index in [0.29, 0.717) is 34.5 Å². The Bertz CT molecular complexity index is 817. The van der Waals surface area contributed by atoms with Gasteiger partial charge in [-0.05, 0) is 103 Å². The van der Waals surface area contributed by atoms with Crippen molar-refractivity contribution in [3.8, 4) is 0 Å². The lowest BCUT2D eigenvalue weighted by molar-refractivity contribution is -0.236. The number of allylic oxidation sites excluding steroid dienone is 2. The average Bonchev–Trinajstić information content (AvgIpc) is 3.35. The third-order valence-corrected chi connectivity index (χ3v) is 13.0. The second kappa shape index (κ2) is 7.32. The first-order valence-corrected chi connectivity index (χ1v) is 14.0. The molecule has 0 aliphatic heterocycles. The molecule has 0 aromatic rings. The summed E-state index contributed by atoms with van der Waals surface area (Å²) < 4.78 is 0. The molecule has 0 unspecified atom stereocenters. The molecule has 5 fully saturated rings. The normalized spacial score (nSPS) is 55.6. The molecule has 2 spiro atoms. The highest BCUT2D eigenvalue weighted by molar-refractivity contribution is 5.33. The SMILES string of the molecule is CC(C)/C=C/C[C@@H](C)[C@H]1CC[C@@]2(C)[C@@H]3CC[C@H]4C(C)(C)[C@@H](O)[C@H](O)[C@H](O)[C@@]45C[C@@]35CC[C@]12C. The standard InChI is InChI=1S/C30H50O3/c1-18(2)9-8-10-19(3)20-13-14-28(7)22-12-11-21-26(4,5)24(32)23(31)25(33)30(21)17-29(22,30)16-15-27(20,28)6/h8-9,18-25,31-33H,10-17H2,1-7H3/b9-8+/t19-,20-,21+,22+,23+,24+,25+,27-,28+,29+,30-/m1/s1. The van der Waals surface area contributed by atoms with Crippen molar-refractivity contribution in [3.05, 3.63) is 12.2 Å². The van der Waals surface area contributed by atoms with Gasteiger partial charge in [0.25, 0.3) is 0 Å². The fourth-order valence-electron chi connectivity index (χ4n) is 11.1. The number of aliphatic hydroxyl groups excluding tert-OH is 3. The number of aliphatic hydroxyl groups is 3. The first-order chi connectivity index (χ1) is 15.3. The zero-order valence-electron chi connectivity index (χ0n) is 22.3. The topological polar surface area (TPSA) is 60.7 Å². The highest BCUT2D eigenvalue weighted by Crippen LogP contribution is 2.89. The van der Waals surface area contributed by atoms with Crippen molar-refractivity contribution < 1.29 is 15.3 Å². The summed E-state index contributed by atoms with van der Waals surface area (Å²) in [6, 6.07) is 0. The average molecular weight is 459 g/mol. The zero-order chi connectivity index (χ0) is 24.2. The van der Waals surface area contributed by atoms with E-state index in [9.17, 15) is 15.3 Å². The molecule has 0 bridgehead atoms. The van der Waals surface area contributed by atoms with Gasteiger partial charge in [0.2, 0.25) is 0 Å². The predicted molar refractivity (Wildman–Crippen MR) is 133 cm³/mol. The van der Waals surface area contributed by atoms with Crippen LogP contribution in [-0.2, 0) is 0 Å². The Morgan fingerprint density at radius 2 is 1.48 bits per heavy atom. The van der Waals surface area contributed by atoms with E-state index in [4.69, 9.17) is 0 Å². The van der Waals surface area contributed by atoms with Gasteiger partial charge in [-0.15, -0.1) is 0 Å². The molecular weight excluding hydrogens is 408 g/mol. The maximum absolute atomic E-state index is 11.5. The Hall–Kier alpha value is -0.380. The van der Waals surface area contributed by atoms with E-state index in [1.54, 1.807) is 0 Å². The molecule has 33 heavy (non-hydrogen) atoms. The summed E-state index contributed by atoms with van der Waals surface area (Å²) in [4.78, 5) is 0. The third-order valence-electron chi connectivity index (χ3n) is 13.0. The van der Waals surface area contributed by atoms with E-state index in [1.807, 2.05) is 0 Å². The molecule has 0 aromatic carbocycles. The number of hydrogen-bond acceptors (Lipinski definition) is 3. The van der Waals surface area contributed by atoms with Gasteiger partial charge < -0.3 is 15.3 Å². The Kier molecular flexibility index (Phi) is 5.40. The van der Waals surface area contributed by atoms with Crippen LogP contribution in [-0.4, -0.2) is 33.6 Å². The summed E-state index contributed by atoms with van der Waals surface area (Å²) in [5.74, 6) is 3.04. The molecule has 0 radical (unpaired) electrons. The second-order valence-corrected chi connectivity index (χ2v) is 14.6. The first-order valence-electron chi connectivity index (χ1n) is 14.0. The molecule has 0 heterocycles. The molecule has 3 N–H and O–H groups in total. The quantitative estimate of drug-likeness (QED) is 0.455. The summed E-state index contributed by atoms with van der Waals surface area (Å²) in [7, 11) is 0. The van der Waals surface area contributed by atoms with Gasteiger partial charge in [-0.2, -0.15) is 0 Å². The molecule has 5 saturated carbocycles. The number of rotatable bonds is 4. The molecule has 5 aliphatic rings. The third kappa shape index (κ3) is 2.80. The Morgan fingerprint density at radius 3 is 2.15 bits per heavy atom. The molecule has 0 saturated heterocycles. The van der Waals surface area contributed by atoms with Crippen LogP contribution in [0.5, 0.6) is 0 Å². The molecule has 0 aromatic heterocycles. The van der Waals surface area contributed by atoms with E-state index in [1.165, 1.54) is 38.5 Å². The molecule has 0 amide bonds. The lowest BCUT2D eigenvalue weighted by Gasteiger charge is -2.64. The van der Waals surface area contributed by atoms with Crippen LogP contribution >= 0.6 is 0 Å². The van der Waals surface area contributed by atoms with Gasteiger partial charge in [-0.1, -0.05) is 60.6 Å². The molecular formula is C30H50O3. The fraction of sp³-hybridized carbons (Fsp3) is 0.933. The maximum atomic E-state index is 11.5. The summed E-state index contributed by atoms with van der Waals surface area (Å²) >= 11 is 0. The summed E-state index contributed by atoms with van der Waals surface area (Å²) in [6.07, 6.45) is 11.8. The van der Waals surface area contributed by atoms with E-state index in [-0.39, 0.29) is 16.2 Å². The fourth-order valence-corrected chi connectivity index (χ4v) is 11.1. The van der Waals surface area contributed by atoms with Gasteiger partial charge in [0.1, 0.15) is 6.10 Å². The minimum atomic E-state index is -1.01. The molecule has 188 valence electrons. The van der Waals surface area contributed by atoms with Crippen molar-refractivity contribution in [1.82, 2.24) is 0 Å². The van der Waals surface area contributed by atoms with Crippen molar-refractivity contribution in [1.29, 1.82) is 0 Å². The zero-order valence-corrected chi connectivity index (χ0v) is 22.3. The van der Waals surface area contributed by atoms with Crippen LogP contribution in [0, 0.1) is 56.7 Å². The highest BCUT2D eigenvalue weighted by atomic mass is 16.4.